The van der Waals surface area contributed by atoms with Gasteiger partial charge in [-0.2, -0.15) is 4.98 Å². The number of aromatic nitrogens is 2. The summed E-state index contributed by atoms with van der Waals surface area (Å²) in [6.45, 7) is 3.92. The Hall–Kier alpha value is -4.50. The monoisotopic (exact) mass is 517 g/mol. The number of aryl methyl sites for hydroxylation is 1. The summed E-state index contributed by atoms with van der Waals surface area (Å²) >= 11 is 0. The number of hydroxylamine groups is 1. The van der Waals surface area contributed by atoms with Crippen LogP contribution in [-0.2, 0) is 27.4 Å². The van der Waals surface area contributed by atoms with E-state index in [2.05, 4.69) is 15.6 Å². The van der Waals surface area contributed by atoms with Gasteiger partial charge in [0.05, 0.1) is 19.3 Å². The zero-order valence-corrected chi connectivity index (χ0v) is 21.3. The maximum absolute atomic E-state index is 13.1. The lowest BCUT2D eigenvalue weighted by Gasteiger charge is -2.17. The van der Waals surface area contributed by atoms with Gasteiger partial charge in [-0.15, -0.1) is 0 Å². The minimum Gasteiger partial charge on any atom is -0.476 e. The van der Waals surface area contributed by atoms with Gasteiger partial charge in [-0.3, -0.25) is 10.3 Å². The molecule has 4 rings (SSSR count). The summed E-state index contributed by atoms with van der Waals surface area (Å²) in [6.07, 6.45) is 1.07. The highest BCUT2D eigenvalue weighted by molar-refractivity contribution is 5.89. The van der Waals surface area contributed by atoms with E-state index in [1.54, 1.807) is 19.1 Å². The van der Waals surface area contributed by atoms with Crippen molar-refractivity contribution in [2.75, 3.05) is 7.11 Å². The summed E-state index contributed by atoms with van der Waals surface area (Å²) in [5.41, 5.74) is 7.32. The standard InChI is InChI=1S/C29H28FN3O5/c1-19-5-4-6-23(15-19)27(28-31-18-32-38-28)37-25-13-9-21(10-14-25)16-26(29(34)35-3)20(2)33-36-17-22-7-11-24(30)12-8-22/h4-15,18,27,33H,16-17H2,1-3H3. The second-order valence-corrected chi connectivity index (χ2v) is 8.62. The van der Waals surface area contributed by atoms with Gasteiger partial charge in [0.15, 0.2) is 6.33 Å². The van der Waals surface area contributed by atoms with Crippen LogP contribution in [0.1, 0.15) is 41.2 Å². The zero-order chi connectivity index (χ0) is 26.9. The van der Waals surface area contributed by atoms with Gasteiger partial charge >= 0.3 is 5.97 Å². The highest BCUT2D eigenvalue weighted by Crippen LogP contribution is 2.28. The van der Waals surface area contributed by atoms with Crippen LogP contribution in [0, 0.1) is 12.7 Å². The van der Waals surface area contributed by atoms with E-state index in [9.17, 15) is 9.18 Å². The van der Waals surface area contributed by atoms with Gasteiger partial charge in [-0.05, 0) is 49.2 Å². The maximum atomic E-state index is 13.1. The molecule has 0 bridgehead atoms. The summed E-state index contributed by atoms with van der Waals surface area (Å²) in [6, 6.07) is 21.2. The first kappa shape index (κ1) is 26.6. The van der Waals surface area contributed by atoms with Gasteiger partial charge in [0.25, 0.3) is 5.89 Å². The summed E-state index contributed by atoms with van der Waals surface area (Å²) < 4.78 is 29.6. The van der Waals surface area contributed by atoms with E-state index in [0.29, 0.717) is 29.3 Å². The smallest absolute Gasteiger partial charge is 0.335 e. The van der Waals surface area contributed by atoms with E-state index in [-0.39, 0.29) is 12.4 Å². The van der Waals surface area contributed by atoms with E-state index < -0.39 is 12.1 Å². The van der Waals surface area contributed by atoms with Crippen LogP contribution in [0.25, 0.3) is 0 Å². The van der Waals surface area contributed by atoms with E-state index in [1.807, 2.05) is 55.5 Å². The number of carbonyl (C=O) groups excluding carboxylic acids is 1. The Labute approximate surface area is 220 Å². The lowest BCUT2D eigenvalue weighted by molar-refractivity contribution is -0.136. The third-order valence-corrected chi connectivity index (χ3v) is 5.77. The van der Waals surface area contributed by atoms with Crippen molar-refractivity contribution in [2.45, 2.75) is 33.0 Å². The largest absolute Gasteiger partial charge is 0.476 e. The number of nitrogens with zero attached hydrogens (tertiary/aromatic N) is 2. The number of hydrogen-bond donors (Lipinski definition) is 1. The number of hydrogen-bond acceptors (Lipinski definition) is 8. The molecule has 0 amide bonds. The summed E-state index contributed by atoms with van der Waals surface area (Å²) in [7, 11) is 1.33. The van der Waals surface area contributed by atoms with Gasteiger partial charge < -0.3 is 14.0 Å². The van der Waals surface area contributed by atoms with Crippen LogP contribution < -0.4 is 10.2 Å². The molecule has 0 saturated carbocycles. The Balaban J connectivity index is 1.45. The molecule has 1 atom stereocenters. The molecule has 0 aliphatic carbocycles. The highest BCUT2D eigenvalue weighted by Gasteiger charge is 2.22. The average Bonchev–Trinajstić information content (AvgIpc) is 3.46. The zero-order valence-electron chi connectivity index (χ0n) is 21.3. The van der Waals surface area contributed by atoms with E-state index >= 15 is 0 Å². The molecule has 0 saturated heterocycles. The quantitative estimate of drug-likeness (QED) is 0.161. The fourth-order valence-corrected chi connectivity index (χ4v) is 3.77. The van der Waals surface area contributed by atoms with Gasteiger partial charge in [-0.25, -0.2) is 9.18 Å². The normalized spacial score (nSPS) is 12.4. The first-order valence-corrected chi connectivity index (χ1v) is 11.9. The van der Waals surface area contributed by atoms with E-state index in [1.165, 1.54) is 25.6 Å². The third kappa shape index (κ3) is 7.04. The van der Waals surface area contributed by atoms with Gasteiger partial charge in [0.2, 0.25) is 6.10 Å². The van der Waals surface area contributed by atoms with Crippen LogP contribution in [0.4, 0.5) is 4.39 Å². The predicted molar refractivity (Wildman–Crippen MR) is 137 cm³/mol. The lowest BCUT2D eigenvalue weighted by atomic mass is 10.0. The predicted octanol–water partition coefficient (Wildman–Crippen LogP) is 5.40. The molecular formula is C29H28FN3O5. The Morgan fingerprint density at radius 1 is 1.05 bits per heavy atom. The number of carbonyl (C=O) groups is 1. The average molecular weight is 518 g/mol. The van der Waals surface area contributed by atoms with Crippen molar-refractivity contribution in [1.29, 1.82) is 0 Å². The number of halogens is 1. The Morgan fingerprint density at radius 2 is 1.79 bits per heavy atom. The van der Waals surface area contributed by atoms with E-state index in [4.69, 9.17) is 18.8 Å². The number of nitrogens with one attached hydrogen (secondary N) is 1. The number of benzene rings is 3. The van der Waals surface area contributed by atoms with Gasteiger partial charge in [0, 0.05) is 17.7 Å². The maximum Gasteiger partial charge on any atom is 0.335 e. The molecule has 0 spiro atoms. The molecular weight excluding hydrogens is 489 g/mol. The van der Waals surface area contributed by atoms with Gasteiger partial charge in [-0.1, -0.05) is 59.3 Å². The van der Waals surface area contributed by atoms with Crippen LogP contribution in [0.2, 0.25) is 0 Å². The molecule has 1 unspecified atom stereocenters. The molecule has 0 radical (unpaired) electrons. The third-order valence-electron chi connectivity index (χ3n) is 5.77. The number of ether oxygens (including phenoxy) is 2. The van der Waals surface area contributed by atoms with Crippen molar-refractivity contribution >= 4 is 5.97 Å². The minimum absolute atomic E-state index is 0.195. The summed E-state index contributed by atoms with van der Waals surface area (Å²) in [5.74, 6) is 0.150. The van der Waals surface area contributed by atoms with Gasteiger partial charge in [0.1, 0.15) is 11.6 Å². The topological polar surface area (TPSA) is 95.7 Å². The molecule has 0 fully saturated rings. The molecule has 4 aromatic rings. The number of esters is 1. The Morgan fingerprint density at radius 3 is 2.45 bits per heavy atom. The lowest BCUT2D eigenvalue weighted by Crippen LogP contribution is -2.19. The SMILES string of the molecule is COC(=O)C(Cc1ccc(OC(c2cccc(C)c2)c2ncno2)cc1)=C(C)NOCc1ccc(F)cc1. The summed E-state index contributed by atoms with van der Waals surface area (Å²) in [5, 5.41) is 3.72. The molecule has 9 heteroatoms. The molecule has 0 aliphatic heterocycles. The number of rotatable bonds is 11. The van der Waals surface area contributed by atoms with Crippen LogP contribution in [0.3, 0.4) is 0 Å². The second kappa shape index (κ2) is 12.6. The van der Waals surface area contributed by atoms with E-state index in [0.717, 1.165) is 22.3 Å². The fraction of sp³-hybridized carbons (Fsp3) is 0.207. The van der Waals surface area contributed by atoms with Crippen molar-refractivity contribution in [3.8, 4) is 5.75 Å². The van der Waals surface area contributed by atoms with Crippen molar-refractivity contribution in [1.82, 2.24) is 15.6 Å². The molecule has 1 N–H and O–H groups in total. The Bertz CT molecular complexity index is 1370. The van der Waals surface area contributed by atoms with Crippen LogP contribution in [0.15, 0.2) is 94.9 Å². The molecule has 196 valence electrons. The van der Waals surface area contributed by atoms with Crippen molar-refractivity contribution in [3.63, 3.8) is 0 Å². The molecule has 1 aromatic heterocycles. The molecule has 38 heavy (non-hydrogen) atoms. The molecule has 3 aromatic carbocycles. The molecule has 1 heterocycles. The molecule has 0 aliphatic rings. The fourth-order valence-electron chi connectivity index (χ4n) is 3.77. The van der Waals surface area contributed by atoms with Crippen molar-refractivity contribution in [3.05, 3.63) is 124 Å². The van der Waals surface area contributed by atoms with Crippen molar-refractivity contribution < 1.29 is 28.0 Å². The van der Waals surface area contributed by atoms with Crippen LogP contribution in [0.5, 0.6) is 5.75 Å². The second-order valence-electron chi connectivity index (χ2n) is 8.62. The van der Waals surface area contributed by atoms with Crippen molar-refractivity contribution in [2.24, 2.45) is 0 Å². The number of methoxy groups -OCH3 is 1. The highest BCUT2D eigenvalue weighted by atomic mass is 19.1. The summed E-state index contributed by atoms with van der Waals surface area (Å²) in [4.78, 5) is 22.2. The van der Waals surface area contributed by atoms with Crippen LogP contribution >= 0.6 is 0 Å². The first-order valence-electron chi connectivity index (χ1n) is 11.9. The molecule has 8 nitrogen and oxygen atoms in total. The number of allylic oxidation sites excluding steroid dienone is 1. The minimum atomic E-state index is -0.571. The Kier molecular flexibility index (Phi) is 8.84. The van der Waals surface area contributed by atoms with Crippen LogP contribution in [-0.4, -0.2) is 23.2 Å². The first-order chi connectivity index (χ1) is 18.4.